The molecule has 0 saturated carbocycles. The molecule has 4 rings (SSSR count). The first-order valence-electron chi connectivity index (χ1n) is 16.2. The highest BCUT2D eigenvalue weighted by Gasteiger charge is 2.39. The van der Waals surface area contributed by atoms with Crippen LogP contribution in [0, 0.1) is 0 Å². The summed E-state index contributed by atoms with van der Waals surface area (Å²) in [6, 6.07) is 25.4. The lowest BCUT2D eigenvalue weighted by molar-refractivity contribution is -0.158. The molecule has 0 atom stereocenters. The molecule has 0 N–H and O–H groups in total. The van der Waals surface area contributed by atoms with E-state index >= 15 is 0 Å². The van der Waals surface area contributed by atoms with Crippen molar-refractivity contribution >= 4 is 33.0 Å². The molecule has 4 aromatic carbocycles. The van der Waals surface area contributed by atoms with Gasteiger partial charge in [-0.1, -0.05) is 36.4 Å². The summed E-state index contributed by atoms with van der Waals surface area (Å²) in [6.07, 6.45) is -10.5. The molecule has 0 radical (unpaired) electrons. The van der Waals surface area contributed by atoms with Gasteiger partial charge in [-0.2, -0.15) is 26.3 Å². The standard InChI is InChI=1S/C30H35O6S.C8H4F6O3S/c1-29(2,3)35-27(31)20-33-22-17-23(34-21-28(32)36-30(4,5)6)19-26(18-22)37(24-13-9-7-10-14-24)25-15-11-8-12-16-25;9-7(10,11)4-1-2-6(18(15,16)17)5(3-4)8(12,13)14/h7-19H,20-21H2,1-6H3;1-3H,(H,15,16,17)/q+1;/p-1. The second-order valence-corrected chi connectivity index (χ2v) is 16.9. The number of alkyl halides is 6. The summed E-state index contributed by atoms with van der Waals surface area (Å²) < 4.78 is 128. The number of hydrogen-bond donors (Lipinski definition) is 0. The van der Waals surface area contributed by atoms with Crippen LogP contribution in [0.2, 0.25) is 0 Å². The molecule has 298 valence electrons. The van der Waals surface area contributed by atoms with Crippen molar-refractivity contribution in [3.8, 4) is 11.5 Å². The van der Waals surface area contributed by atoms with E-state index in [1.165, 1.54) is 0 Å². The highest BCUT2D eigenvalue weighted by molar-refractivity contribution is 7.97. The van der Waals surface area contributed by atoms with E-state index in [1.807, 2.05) is 48.5 Å². The fourth-order valence-corrected chi connectivity index (χ4v) is 7.35. The van der Waals surface area contributed by atoms with Crippen molar-refractivity contribution in [1.29, 1.82) is 0 Å². The number of hydrogen-bond acceptors (Lipinski definition) is 9. The summed E-state index contributed by atoms with van der Waals surface area (Å²) in [7, 11) is -6.00. The third-order valence-corrected chi connectivity index (χ3v) is 9.57. The molecule has 0 aliphatic heterocycles. The van der Waals surface area contributed by atoms with Crippen molar-refractivity contribution < 1.29 is 67.8 Å². The third kappa shape index (κ3) is 14.8. The molecule has 4 aromatic rings. The summed E-state index contributed by atoms with van der Waals surface area (Å²) in [5, 5.41) is 0. The smallest absolute Gasteiger partial charge is 0.417 e. The first-order chi connectivity index (χ1) is 25.2. The van der Waals surface area contributed by atoms with Gasteiger partial charge in [-0.15, -0.1) is 0 Å². The molecule has 17 heteroatoms. The lowest BCUT2D eigenvalue weighted by Gasteiger charge is -2.20. The van der Waals surface area contributed by atoms with E-state index in [4.69, 9.17) is 18.9 Å². The molecule has 0 heterocycles. The number of carbonyl (C=O) groups excluding carboxylic acids is 2. The molecule has 9 nitrogen and oxygen atoms in total. The molecular formula is C38H38F6O9S2. The zero-order valence-electron chi connectivity index (χ0n) is 30.4. The van der Waals surface area contributed by atoms with E-state index in [2.05, 4.69) is 24.3 Å². The summed E-state index contributed by atoms with van der Waals surface area (Å²) >= 11 is 0. The fourth-order valence-electron chi connectivity index (χ4n) is 4.52. The number of ether oxygens (including phenoxy) is 4. The van der Waals surface area contributed by atoms with Gasteiger partial charge in [0.25, 0.3) is 0 Å². The molecule has 0 saturated heterocycles. The molecule has 0 amide bonds. The lowest BCUT2D eigenvalue weighted by atomic mass is 10.1. The van der Waals surface area contributed by atoms with Crippen molar-refractivity contribution in [2.75, 3.05) is 13.2 Å². The Labute approximate surface area is 317 Å². The molecule has 55 heavy (non-hydrogen) atoms. The van der Waals surface area contributed by atoms with Gasteiger partial charge in [0.15, 0.2) is 27.9 Å². The Morgan fingerprint density at radius 2 is 1.02 bits per heavy atom. The Morgan fingerprint density at radius 3 is 1.36 bits per heavy atom. The maximum Gasteiger partial charge on any atom is 0.417 e. The fraction of sp³-hybridized carbons (Fsp3) is 0.316. The second kappa shape index (κ2) is 17.8. The Hall–Kier alpha value is -4.74. The van der Waals surface area contributed by atoms with Gasteiger partial charge in [0, 0.05) is 18.2 Å². The van der Waals surface area contributed by atoms with Gasteiger partial charge in [0.1, 0.15) is 32.8 Å². The summed E-state index contributed by atoms with van der Waals surface area (Å²) in [5.74, 6) is -0.0719. The van der Waals surface area contributed by atoms with Crippen LogP contribution in [-0.2, 0) is 52.4 Å². The van der Waals surface area contributed by atoms with Crippen LogP contribution >= 0.6 is 0 Å². The Balaban J connectivity index is 0.000000378. The zero-order valence-corrected chi connectivity index (χ0v) is 32.0. The molecule has 0 fully saturated rings. The van der Waals surface area contributed by atoms with Gasteiger partial charge in [-0.05, 0) is 84.0 Å². The molecule has 0 bridgehead atoms. The van der Waals surface area contributed by atoms with Crippen LogP contribution in [0.3, 0.4) is 0 Å². The molecule has 0 unspecified atom stereocenters. The Bertz CT molecular complexity index is 1930. The van der Waals surface area contributed by atoms with Gasteiger partial charge in [0.05, 0.1) is 26.9 Å². The topological polar surface area (TPSA) is 128 Å². The lowest BCUT2D eigenvalue weighted by Crippen LogP contribution is -2.27. The minimum absolute atomic E-state index is 0.00597. The van der Waals surface area contributed by atoms with E-state index < -0.39 is 78.6 Å². The van der Waals surface area contributed by atoms with E-state index in [0.717, 1.165) is 14.7 Å². The molecule has 0 spiro atoms. The summed E-state index contributed by atoms with van der Waals surface area (Å²) in [4.78, 5) is 26.0. The summed E-state index contributed by atoms with van der Waals surface area (Å²) in [5.41, 5.74) is -5.05. The Kier molecular flexibility index (Phi) is 14.5. The van der Waals surface area contributed by atoms with Crippen LogP contribution in [0.5, 0.6) is 11.5 Å². The van der Waals surface area contributed by atoms with Crippen molar-refractivity contribution in [3.63, 3.8) is 0 Å². The average molecular weight is 817 g/mol. The van der Waals surface area contributed by atoms with E-state index in [0.29, 0.717) is 11.5 Å². The normalized spacial score (nSPS) is 12.3. The van der Waals surface area contributed by atoms with Crippen LogP contribution in [0.4, 0.5) is 26.3 Å². The second-order valence-electron chi connectivity index (χ2n) is 13.5. The highest BCUT2D eigenvalue weighted by atomic mass is 32.2. The molecule has 0 aromatic heterocycles. The number of carbonyl (C=O) groups is 2. The minimum Gasteiger partial charge on any atom is -0.744 e. The quantitative estimate of drug-likeness (QED) is 0.0668. The number of rotatable bonds is 10. The van der Waals surface area contributed by atoms with Crippen molar-refractivity contribution in [2.45, 2.75) is 84.7 Å². The highest BCUT2D eigenvalue weighted by Crippen LogP contribution is 2.39. The first kappa shape index (κ1) is 44.7. The van der Waals surface area contributed by atoms with E-state index in [1.54, 1.807) is 47.6 Å². The maximum absolute atomic E-state index is 12.4. The zero-order chi connectivity index (χ0) is 41.4. The minimum atomic E-state index is -5.52. The van der Waals surface area contributed by atoms with Crippen molar-refractivity contribution in [1.82, 2.24) is 0 Å². The average Bonchev–Trinajstić information content (AvgIpc) is 3.05. The van der Waals surface area contributed by atoms with Gasteiger partial charge < -0.3 is 23.5 Å². The van der Waals surface area contributed by atoms with E-state index in [-0.39, 0.29) is 25.3 Å². The summed E-state index contributed by atoms with van der Waals surface area (Å²) in [6.45, 7) is 10.3. The van der Waals surface area contributed by atoms with Crippen LogP contribution in [0.1, 0.15) is 52.7 Å². The third-order valence-electron chi connectivity index (χ3n) is 6.48. The van der Waals surface area contributed by atoms with Gasteiger partial charge in [-0.25, -0.2) is 18.0 Å². The van der Waals surface area contributed by atoms with E-state index in [9.17, 15) is 48.9 Å². The van der Waals surface area contributed by atoms with Crippen molar-refractivity contribution in [2.24, 2.45) is 0 Å². The van der Waals surface area contributed by atoms with Crippen LogP contribution in [0.15, 0.2) is 117 Å². The molecular weight excluding hydrogens is 779 g/mol. The predicted molar refractivity (Wildman–Crippen MR) is 189 cm³/mol. The van der Waals surface area contributed by atoms with Gasteiger partial charge >= 0.3 is 24.3 Å². The molecule has 0 aliphatic rings. The van der Waals surface area contributed by atoms with Gasteiger partial charge in [0.2, 0.25) is 0 Å². The number of esters is 2. The Morgan fingerprint density at radius 1 is 0.600 bits per heavy atom. The first-order valence-corrected chi connectivity index (χ1v) is 18.8. The van der Waals surface area contributed by atoms with Crippen LogP contribution in [-0.4, -0.2) is 49.3 Å². The van der Waals surface area contributed by atoms with Gasteiger partial charge in [-0.3, -0.25) is 0 Å². The predicted octanol–water partition coefficient (Wildman–Crippen LogP) is 8.85. The maximum atomic E-state index is 12.4. The number of halogens is 6. The monoisotopic (exact) mass is 816 g/mol. The van der Waals surface area contributed by atoms with Crippen molar-refractivity contribution in [3.05, 3.63) is 108 Å². The van der Waals surface area contributed by atoms with Crippen LogP contribution in [0.25, 0.3) is 0 Å². The SMILES string of the molecule is CC(C)(C)OC(=O)COc1cc(OCC(=O)OC(C)(C)C)cc([S+](c2ccccc2)c2ccccc2)c1.O=S(=O)([O-])c1ccc(C(F)(F)F)cc1C(F)(F)F. The number of benzene rings is 4. The molecule has 0 aliphatic carbocycles. The largest absolute Gasteiger partial charge is 0.744 e. The van der Waals surface area contributed by atoms with Crippen LogP contribution < -0.4 is 9.47 Å².